The lowest BCUT2D eigenvalue weighted by Crippen LogP contribution is -2.34. The van der Waals surface area contributed by atoms with Crippen molar-refractivity contribution in [3.8, 4) is 0 Å². The molecule has 118 valence electrons. The predicted octanol–water partition coefficient (Wildman–Crippen LogP) is 5.27. The molecule has 3 unspecified atom stereocenters. The van der Waals surface area contributed by atoms with Gasteiger partial charge in [0.15, 0.2) is 6.29 Å². The molecule has 0 amide bonds. The van der Waals surface area contributed by atoms with Gasteiger partial charge in [-0.25, -0.2) is 0 Å². The van der Waals surface area contributed by atoms with Crippen molar-refractivity contribution in [2.75, 3.05) is 6.61 Å². The van der Waals surface area contributed by atoms with E-state index in [0.29, 0.717) is 5.92 Å². The Bertz CT molecular complexity index is 399. The SMILES string of the molecule is CCCCCC1COC(c2ccc(CCC)cc2)OC1C. The van der Waals surface area contributed by atoms with Crippen LogP contribution in [0.4, 0.5) is 0 Å². The minimum atomic E-state index is -0.182. The lowest BCUT2D eigenvalue weighted by atomic mass is 9.96. The maximum Gasteiger partial charge on any atom is 0.184 e. The van der Waals surface area contributed by atoms with Crippen LogP contribution in [0.5, 0.6) is 0 Å². The van der Waals surface area contributed by atoms with E-state index in [0.717, 1.165) is 18.6 Å². The van der Waals surface area contributed by atoms with E-state index in [1.807, 2.05) is 0 Å². The summed E-state index contributed by atoms with van der Waals surface area (Å²) in [4.78, 5) is 0. The van der Waals surface area contributed by atoms with Crippen LogP contribution >= 0.6 is 0 Å². The third-order valence-corrected chi connectivity index (χ3v) is 4.43. The molecule has 1 aromatic rings. The lowest BCUT2D eigenvalue weighted by Gasteiger charge is -2.35. The number of hydrogen-bond donors (Lipinski definition) is 0. The van der Waals surface area contributed by atoms with Crippen molar-refractivity contribution in [3.63, 3.8) is 0 Å². The highest BCUT2D eigenvalue weighted by molar-refractivity contribution is 5.23. The van der Waals surface area contributed by atoms with Gasteiger partial charge in [-0.15, -0.1) is 0 Å². The molecule has 2 rings (SSSR count). The Morgan fingerprint density at radius 2 is 1.81 bits per heavy atom. The molecular weight excluding hydrogens is 260 g/mol. The number of hydrogen-bond acceptors (Lipinski definition) is 2. The average molecular weight is 290 g/mol. The van der Waals surface area contributed by atoms with Crippen LogP contribution in [0.3, 0.4) is 0 Å². The normalized spacial score (nSPS) is 26.0. The van der Waals surface area contributed by atoms with Gasteiger partial charge in [0.25, 0.3) is 0 Å². The van der Waals surface area contributed by atoms with Crippen molar-refractivity contribution in [1.82, 2.24) is 0 Å². The van der Waals surface area contributed by atoms with Crippen molar-refractivity contribution in [2.24, 2.45) is 5.92 Å². The zero-order valence-electron chi connectivity index (χ0n) is 13.8. The summed E-state index contributed by atoms with van der Waals surface area (Å²) in [6.45, 7) is 7.47. The van der Waals surface area contributed by atoms with E-state index in [2.05, 4.69) is 45.0 Å². The molecule has 2 nitrogen and oxygen atoms in total. The molecule has 0 radical (unpaired) electrons. The molecule has 1 fully saturated rings. The fraction of sp³-hybridized carbons (Fsp3) is 0.684. The van der Waals surface area contributed by atoms with Gasteiger partial charge in [-0.05, 0) is 25.3 Å². The second-order valence-corrected chi connectivity index (χ2v) is 6.25. The molecule has 0 spiro atoms. The molecular formula is C19H30O2. The summed E-state index contributed by atoms with van der Waals surface area (Å²) >= 11 is 0. The van der Waals surface area contributed by atoms with Gasteiger partial charge in [-0.3, -0.25) is 0 Å². The fourth-order valence-electron chi connectivity index (χ4n) is 2.97. The number of unbranched alkanes of at least 4 members (excludes halogenated alkanes) is 2. The Kier molecular flexibility index (Phi) is 6.72. The maximum absolute atomic E-state index is 6.09. The molecule has 21 heavy (non-hydrogen) atoms. The summed E-state index contributed by atoms with van der Waals surface area (Å²) < 4.78 is 12.0. The molecule has 1 aliphatic rings. The van der Waals surface area contributed by atoms with Gasteiger partial charge in [0.1, 0.15) is 0 Å². The van der Waals surface area contributed by atoms with Gasteiger partial charge in [0.05, 0.1) is 12.7 Å². The summed E-state index contributed by atoms with van der Waals surface area (Å²) in [6, 6.07) is 8.70. The smallest absolute Gasteiger partial charge is 0.184 e. The zero-order chi connectivity index (χ0) is 15.1. The van der Waals surface area contributed by atoms with E-state index in [9.17, 15) is 0 Å². The van der Waals surface area contributed by atoms with Crippen molar-refractivity contribution in [2.45, 2.75) is 71.7 Å². The van der Waals surface area contributed by atoms with E-state index in [1.165, 1.54) is 37.7 Å². The van der Waals surface area contributed by atoms with Gasteiger partial charge in [0.2, 0.25) is 0 Å². The molecule has 0 N–H and O–H groups in total. The van der Waals surface area contributed by atoms with Gasteiger partial charge in [-0.2, -0.15) is 0 Å². The number of aryl methyl sites for hydroxylation is 1. The largest absolute Gasteiger partial charge is 0.348 e. The topological polar surface area (TPSA) is 18.5 Å². The number of benzene rings is 1. The molecule has 1 heterocycles. The molecule has 1 saturated heterocycles. The maximum atomic E-state index is 6.09. The zero-order valence-corrected chi connectivity index (χ0v) is 13.8. The molecule has 0 aromatic heterocycles. The van der Waals surface area contributed by atoms with E-state index in [4.69, 9.17) is 9.47 Å². The van der Waals surface area contributed by atoms with Gasteiger partial charge < -0.3 is 9.47 Å². The minimum absolute atomic E-state index is 0.182. The van der Waals surface area contributed by atoms with E-state index >= 15 is 0 Å². The Hall–Kier alpha value is -0.860. The molecule has 1 aromatic carbocycles. The Balaban J connectivity index is 1.86. The highest BCUT2D eigenvalue weighted by Gasteiger charge is 2.29. The van der Waals surface area contributed by atoms with E-state index in [1.54, 1.807) is 0 Å². The Labute approximate surface area is 129 Å². The fourth-order valence-corrected chi connectivity index (χ4v) is 2.97. The van der Waals surface area contributed by atoms with Crippen molar-refractivity contribution < 1.29 is 9.47 Å². The third kappa shape index (κ3) is 4.82. The number of ether oxygens (including phenoxy) is 2. The molecule has 0 saturated carbocycles. The molecule has 0 bridgehead atoms. The van der Waals surface area contributed by atoms with Crippen LogP contribution in [0.2, 0.25) is 0 Å². The predicted molar refractivity (Wildman–Crippen MR) is 87.3 cm³/mol. The van der Waals surface area contributed by atoms with Crippen LogP contribution in [0.15, 0.2) is 24.3 Å². The van der Waals surface area contributed by atoms with Crippen LogP contribution in [0, 0.1) is 5.92 Å². The summed E-state index contributed by atoms with van der Waals surface area (Å²) in [6.07, 6.45) is 7.52. The first kappa shape index (κ1) is 16.5. The lowest BCUT2D eigenvalue weighted by molar-refractivity contribution is -0.237. The first-order chi connectivity index (χ1) is 10.2. The van der Waals surface area contributed by atoms with Crippen molar-refractivity contribution in [3.05, 3.63) is 35.4 Å². The summed E-state index contributed by atoms with van der Waals surface area (Å²) in [5.74, 6) is 0.548. The molecule has 2 heteroatoms. The minimum Gasteiger partial charge on any atom is -0.348 e. The third-order valence-electron chi connectivity index (χ3n) is 4.43. The monoisotopic (exact) mass is 290 g/mol. The quantitative estimate of drug-likeness (QED) is 0.637. The standard InChI is InChI=1S/C19H30O2/c1-4-6-7-9-18-14-20-19(21-15(18)3)17-12-10-16(8-5-2)11-13-17/h10-13,15,18-19H,4-9,14H2,1-3H3. The average Bonchev–Trinajstić information content (AvgIpc) is 2.50. The van der Waals surface area contributed by atoms with Crippen molar-refractivity contribution in [1.29, 1.82) is 0 Å². The van der Waals surface area contributed by atoms with E-state index < -0.39 is 0 Å². The highest BCUT2D eigenvalue weighted by atomic mass is 16.7. The summed E-state index contributed by atoms with van der Waals surface area (Å²) in [5, 5.41) is 0. The van der Waals surface area contributed by atoms with Gasteiger partial charge >= 0.3 is 0 Å². The highest BCUT2D eigenvalue weighted by Crippen LogP contribution is 2.31. The summed E-state index contributed by atoms with van der Waals surface area (Å²) in [7, 11) is 0. The summed E-state index contributed by atoms with van der Waals surface area (Å²) in [5.41, 5.74) is 2.54. The molecule has 0 aliphatic carbocycles. The molecule has 3 atom stereocenters. The Morgan fingerprint density at radius 1 is 1.05 bits per heavy atom. The second-order valence-electron chi connectivity index (χ2n) is 6.25. The Morgan fingerprint density at radius 3 is 2.43 bits per heavy atom. The van der Waals surface area contributed by atoms with E-state index in [-0.39, 0.29) is 12.4 Å². The first-order valence-corrected chi connectivity index (χ1v) is 8.60. The first-order valence-electron chi connectivity index (χ1n) is 8.60. The molecule has 1 aliphatic heterocycles. The van der Waals surface area contributed by atoms with Crippen LogP contribution in [-0.2, 0) is 15.9 Å². The number of rotatable bonds is 7. The van der Waals surface area contributed by atoms with Gasteiger partial charge in [0, 0.05) is 11.5 Å². The van der Waals surface area contributed by atoms with Crippen molar-refractivity contribution >= 4 is 0 Å². The van der Waals surface area contributed by atoms with Crippen LogP contribution < -0.4 is 0 Å². The van der Waals surface area contributed by atoms with Gasteiger partial charge in [-0.1, -0.05) is 63.8 Å². The van der Waals surface area contributed by atoms with Crippen LogP contribution in [0.1, 0.15) is 70.3 Å². The second kappa shape index (κ2) is 8.55. The van der Waals surface area contributed by atoms with Crippen LogP contribution in [-0.4, -0.2) is 12.7 Å². The van der Waals surface area contributed by atoms with Crippen LogP contribution in [0.25, 0.3) is 0 Å².